The van der Waals surface area contributed by atoms with E-state index in [1.807, 2.05) is 31.2 Å². The van der Waals surface area contributed by atoms with Crippen molar-refractivity contribution in [3.63, 3.8) is 0 Å². The van der Waals surface area contributed by atoms with Gasteiger partial charge in [-0.3, -0.25) is 9.59 Å². The maximum absolute atomic E-state index is 12.0. The van der Waals surface area contributed by atoms with Crippen LogP contribution in [0, 0.1) is 0 Å². The van der Waals surface area contributed by atoms with Crippen LogP contribution in [0.15, 0.2) is 24.3 Å². The summed E-state index contributed by atoms with van der Waals surface area (Å²) in [6.07, 6.45) is 3.35. The smallest absolute Gasteiger partial charge is 0.251 e. The van der Waals surface area contributed by atoms with Gasteiger partial charge < -0.3 is 10.6 Å². The Morgan fingerprint density at radius 3 is 2.35 bits per heavy atom. The van der Waals surface area contributed by atoms with Crippen LogP contribution >= 0.6 is 0 Å². The zero-order chi connectivity index (χ0) is 15.0. The first-order valence-electron chi connectivity index (χ1n) is 7.26. The minimum absolute atomic E-state index is 0.166. The second-order valence-corrected chi connectivity index (χ2v) is 4.89. The second-order valence-electron chi connectivity index (χ2n) is 4.89. The fourth-order valence-corrected chi connectivity index (χ4v) is 1.88. The lowest BCUT2D eigenvalue weighted by atomic mass is 10.1. The summed E-state index contributed by atoms with van der Waals surface area (Å²) in [7, 11) is 0. The van der Waals surface area contributed by atoms with E-state index in [1.165, 1.54) is 5.56 Å². The number of hydrogen-bond donors (Lipinski definition) is 2. The number of likely N-dealkylation sites (N-methyl/N-ethyl adjacent to an activating group) is 1. The molecule has 2 N–H and O–H groups in total. The van der Waals surface area contributed by atoms with Gasteiger partial charge in [0.25, 0.3) is 5.91 Å². The highest BCUT2D eigenvalue weighted by Crippen LogP contribution is 2.08. The third-order valence-electron chi connectivity index (χ3n) is 3.13. The first-order chi connectivity index (χ1) is 9.58. The Hall–Kier alpha value is -1.84. The Morgan fingerprint density at radius 1 is 1.15 bits per heavy atom. The first-order valence-corrected chi connectivity index (χ1v) is 7.26. The SMILES string of the molecule is CCCCc1ccc(C(=O)N[C@H](C)C(=O)NCC)cc1. The van der Waals surface area contributed by atoms with Crippen LogP contribution in [-0.4, -0.2) is 24.4 Å². The van der Waals surface area contributed by atoms with E-state index < -0.39 is 6.04 Å². The number of nitrogens with one attached hydrogen (secondary N) is 2. The van der Waals surface area contributed by atoms with Gasteiger partial charge in [-0.05, 0) is 44.4 Å². The van der Waals surface area contributed by atoms with Crippen LogP contribution in [-0.2, 0) is 11.2 Å². The lowest BCUT2D eigenvalue weighted by Gasteiger charge is -2.13. The first kappa shape index (κ1) is 16.2. The predicted octanol–water partition coefficient (Wildman–Crippen LogP) is 2.28. The quantitative estimate of drug-likeness (QED) is 0.802. The molecule has 0 aliphatic rings. The van der Waals surface area contributed by atoms with Crippen molar-refractivity contribution in [1.82, 2.24) is 10.6 Å². The van der Waals surface area contributed by atoms with E-state index in [-0.39, 0.29) is 11.8 Å². The summed E-state index contributed by atoms with van der Waals surface area (Å²) in [4.78, 5) is 23.6. The number of aryl methyl sites for hydroxylation is 1. The highest BCUT2D eigenvalue weighted by molar-refractivity contribution is 5.97. The Kier molecular flexibility index (Phi) is 6.77. The van der Waals surface area contributed by atoms with Crippen molar-refractivity contribution >= 4 is 11.8 Å². The third-order valence-corrected chi connectivity index (χ3v) is 3.13. The van der Waals surface area contributed by atoms with E-state index in [1.54, 1.807) is 6.92 Å². The predicted molar refractivity (Wildman–Crippen MR) is 80.7 cm³/mol. The van der Waals surface area contributed by atoms with Gasteiger partial charge in [0.05, 0.1) is 0 Å². The lowest BCUT2D eigenvalue weighted by Crippen LogP contribution is -2.44. The van der Waals surface area contributed by atoms with Crippen molar-refractivity contribution in [2.75, 3.05) is 6.54 Å². The zero-order valence-electron chi connectivity index (χ0n) is 12.5. The van der Waals surface area contributed by atoms with E-state index in [9.17, 15) is 9.59 Å². The molecule has 0 saturated carbocycles. The number of hydrogen-bond acceptors (Lipinski definition) is 2. The summed E-state index contributed by atoms with van der Waals surface area (Å²) in [6.45, 7) is 6.25. The molecule has 1 atom stereocenters. The Labute approximate surface area is 121 Å². The second kappa shape index (κ2) is 8.35. The molecular weight excluding hydrogens is 252 g/mol. The van der Waals surface area contributed by atoms with Crippen molar-refractivity contribution < 1.29 is 9.59 Å². The van der Waals surface area contributed by atoms with Gasteiger partial charge in [0.2, 0.25) is 5.91 Å². The van der Waals surface area contributed by atoms with Crippen LogP contribution in [0.1, 0.15) is 49.5 Å². The van der Waals surface area contributed by atoms with Gasteiger partial charge in [-0.1, -0.05) is 25.5 Å². The molecule has 110 valence electrons. The Balaban J connectivity index is 2.57. The van der Waals surface area contributed by atoms with Crippen LogP contribution in [0.5, 0.6) is 0 Å². The highest BCUT2D eigenvalue weighted by atomic mass is 16.2. The molecule has 0 bridgehead atoms. The summed E-state index contributed by atoms with van der Waals surface area (Å²) in [5.74, 6) is -0.383. The molecule has 1 aromatic carbocycles. The number of amides is 2. The van der Waals surface area contributed by atoms with Crippen molar-refractivity contribution in [3.05, 3.63) is 35.4 Å². The molecule has 0 fully saturated rings. The van der Waals surface area contributed by atoms with Crippen molar-refractivity contribution in [2.24, 2.45) is 0 Å². The van der Waals surface area contributed by atoms with E-state index >= 15 is 0 Å². The molecule has 0 radical (unpaired) electrons. The van der Waals surface area contributed by atoms with Gasteiger partial charge in [-0.25, -0.2) is 0 Å². The number of carbonyl (C=O) groups is 2. The fraction of sp³-hybridized carbons (Fsp3) is 0.500. The highest BCUT2D eigenvalue weighted by Gasteiger charge is 2.15. The molecular formula is C16H24N2O2. The van der Waals surface area contributed by atoms with Gasteiger partial charge in [0, 0.05) is 12.1 Å². The molecule has 2 amide bonds. The van der Waals surface area contributed by atoms with Crippen molar-refractivity contribution in [1.29, 1.82) is 0 Å². The number of rotatable bonds is 7. The lowest BCUT2D eigenvalue weighted by molar-refractivity contribution is -0.122. The van der Waals surface area contributed by atoms with Crippen molar-refractivity contribution in [2.45, 2.75) is 46.1 Å². The van der Waals surface area contributed by atoms with Gasteiger partial charge >= 0.3 is 0 Å². The number of carbonyl (C=O) groups excluding carboxylic acids is 2. The average Bonchev–Trinajstić information content (AvgIpc) is 2.45. The summed E-state index contributed by atoms with van der Waals surface area (Å²) < 4.78 is 0. The molecule has 4 nitrogen and oxygen atoms in total. The molecule has 20 heavy (non-hydrogen) atoms. The standard InChI is InChI=1S/C16H24N2O2/c1-4-6-7-13-8-10-14(11-9-13)16(20)18-12(3)15(19)17-5-2/h8-12H,4-7H2,1-3H3,(H,17,19)(H,18,20)/t12-/m1/s1. The number of unbranched alkanes of at least 4 members (excludes halogenated alkanes) is 1. The van der Waals surface area contributed by atoms with Gasteiger partial charge in [-0.2, -0.15) is 0 Å². The average molecular weight is 276 g/mol. The van der Waals surface area contributed by atoms with Crippen LogP contribution in [0.25, 0.3) is 0 Å². The fourth-order valence-electron chi connectivity index (χ4n) is 1.88. The van der Waals surface area contributed by atoms with Crippen LogP contribution < -0.4 is 10.6 Å². The number of benzene rings is 1. The molecule has 0 unspecified atom stereocenters. The molecule has 1 rings (SSSR count). The Morgan fingerprint density at radius 2 is 1.80 bits per heavy atom. The van der Waals surface area contributed by atoms with Crippen LogP contribution in [0.4, 0.5) is 0 Å². The molecule has 0 spiro atoms. The molecule has 0 aromatic heterocycles. The molecule has 0 aliphatic carbocycles. The minimum atomic E-state index is -0.526. The molecule has 4 heteroatoms. The largest absolute Gasteiger partial charge is 0.355 e. The van der Waals surface area contributed by atoms with E-state index in [4.69, 9.17) is 0 Å². The molecule has 1 aromatic rings. The summed E-state index contributed by atoms with van der Waals surface area (Å²) in [5, 5.41) is 5.37. The summed E-state index contributed by atoms with van der Waals surface area (Å²) in [5.41, 5.74) is 1.82. The topological polar surface area (TPSA) is 58.2 Å². The van der Waals surface area contributed by atoms with Crippen molar-refractivity contribution in [3.8, 4) is 0 Å². The maximum Gasteiger partial charge on any atom is 0.251 e. The summed E-state index contributed by atoms with van der Waals surface area (Å²) in [6, 6.07) is 7.04. The monoisotopic (exact) mass is 276 g/mol. The maximum atomic E-state index is 12.0. The van der Waals surface area contributed by atoms with Gasteiger partial charge in [0.1, 0.15) is 6.04 Å². The zero-order valence-corrected chi connectivity index (χ0v) is 12.5. The van der Waals surface area contributed by atoms with E-state index in [0.29, 0.717) is 12.1 Å². The molecule has 0 saturated heterocycles. The van der Waals surface area contributed by atoms with Crippen LogP contribution in [0.3, 0.4) is 0 Å². The summed E-state index contributed by atoms with van der Waals surface area (Å²) >= 11 is 0. The van der Waals surface area contributed by atoms with Gasteiger partial charge in [-0.15, -0.1) is 0 Å². The Bertz CT molecular complexity index is 440. The third kappa shape index (κ3) is 5.03. The molecule has 0 heterocycles. The van der Waals surface area contributed by atoms with E-state index in [2.05, 4.69) is 17.6 Å². The normalized spacial score (nSPS) is 11.8. The van der Waals surface area contributed by atoms with E-state index in [0.717, 1.165) is 19.3 Å². The van der Waals surface area contributed by atoms with Crippen LogP contribution in [0.2, 0.25) is 0 Å². The molecule has 0 aliphatic heterocycles. The van der Waals surface area contributed by atoms with Gasteiger partial charge in [0.15, 0.2) is 0 Å². The minimum Gasteiger partial charge on any atom is -0.355 e.